The van der Waals surface area contributed by atoms with Crippen molar-refractivity contribution in [1.82, 2.24) is 4.90 Å². The molecule has 1 aromatic carbocycles. The van der Waals surface area contributed by atoms with Crippen molar-refractivity contribution in [3.05, 3.63) is 35.9 Å². The summed E-state index contributed by atoms with van der Waals surface area (Å²) in [5, 5.41) is 0. The van der Waals surface area contributed by atoms with E-state index >= 15 is 0 Å². The van der Waals surface area contributed by atoms with Crippen LogP contribution in [0.5, 0.6) is 0 Å². The van der Waals surface area contributed by atoms with Crippen LogP contribution in [0.2, 0.25) is 0 Å². The van der Waals surface area contributed by atoms with Crippen LogP contribution in [0.1, 0.15) is 59.9 Å². The van der Waals surface area contributed by atoms with Crippen molar-refractivity contribution in [3.63, 3.8) is 0 Å². The van der Waals surface area contributed by atoms with Gasteiger partial charge in [-0.25, -0.2) is 0 Å². The van der Waals surface area contributed by atoms with Crippen molar-refractivity contribution < 1.29 is 19.1 Å². The summed E-state index contributed by atoms with van der Waals surface area (Å²) < 4.78 is 11.4. The Morgan fingerprint density at radius 1 is 1.07 bits per heavy atom. The average Bonchev–Trinajstić information content (AvgIpc) is 2.59. The number of piperidine rings is 1. The van der Waals surface area contributed by atoms with Crippen LogP contribution in [0.15, 0.2) is 30.3 Å². The fourth-order valence-electron chi connectivity index (χ4n) is 4.82. The first kappa shape index (κ1) is 22.4. The predicted molar refractivity (Wildman–Crippen MR) is 110 cm³/mol. The zero-order chi connectivity index (χ0) is 21.2. The zero-order valence-corrected chi connectivity index (χ0v) is 18.4. The van der Waals surface area contributed by atoms with Gasteiger partial charge in [-0.15, -0.1) is 0 Å². The van der Waals surface area contributed by atoms with Crippen LogP contribution in [0.3, 0.4) is 0 Å². The van der Waals surface area contributed by atoms with Crippen molar-refractivity contribution in [2.75, 3.05) is 13.7 Å². The van der Waals surface area contributed by atoms with Crippen molar-refractivity contribution in [2.24, 2.45) is 5.41 Å². The summed E-state index contributed by atoms with van der Waals surface area (Å²) in [6, 6.07) is 9.87. The number of hydrogen-bond acceptors (Lipinski definition) is 5. The molecule has 1 heterocycles. The standard InChI is InChI=1S/C23H35NO4/c1-8-27-20(26)23(15-21(3,4)24(7)22(5,6)16-23)19(28-17(2)25)14-18-12-10-9-11-13-18/h9-13,19H,8,14-16H2,1-7H3. The Morgan fingerprint density at radius 3 is 2.07 bits per heavy atom. The molecule has 0 saturated carbocycles. The lowest BCUT2D eigenvalue weighted by Gasteiger charge is -2.58. The summed E-state index contributed by atoms with van der Waals surface area (Å²) in [5.41, 5.74) is -0.392. The van der Waals surface area contributed by atoms with E-state index in [1.807, 2.05) is 37.3 Å². The van der Waals surface area contributed by atoms with E-state index in [1.165, 1.54) is 6.92 Å². The maximum absolute atomic E-state index is 13.4. The van der Waals surface area contributed by atoms with Gasteiger partial charge in [0.25, 0.3) is 0 Å². The van der Waals surface area contributed by atoms with Crippen LogP contribution < -0.4 is 0 Å². The maximum Gasteiger partial charge on any atom is 0.316 e. The minimum atomic E-state index is -0.906. The van der Waals surface area contributed by atoms with Gasteiger partial charge in [0.2, 0.25) is 0 Å². The largest absolute Gasteiger partial charge is 0.465 e. The minimum absolute atomic E-state index is 0.260. The van der Waals surface area contributed by atoms with Crippen LogP contribution >= 0.6 is 0 Å². The molecule has 1 aliphatic heterocycles. The number of carbonyl (C=O) groups excluding carboxylic acids is 2. The van der Waals surface area contributed by atoms with Gasteiger partial charge in [-0.1, -0.05) is 30.3 Å². The second-order valence-corrected chi connectivity index (χ2v) is 9.20. The van der Waals surface area contributed by atoms with Crippen LogP contribution in [0.25, 0.3) is 0 Å². The number of hydrogen-bond donors (Lipinski definition) is 0. The Morgan fingerprint density at radius 2 is 1.61 bits per heavy atom. The van der Waals surface area contributed by atoms with E-state index in [0.29, 0.717) is 25.9 Å². The van der Waals surface area contributed by atoms with Gasteiger partial charge in [0, 0.05) is 24.4 Å². The van der Waals surface area contributed by atoms with Gasteiger partial charge >= 0.3 is 11.9 Å². The van der Waals surface area contributed by atoms with Crippen molar-refractivity contribution in [3.8, 4) is 0 Å². The number of nitrogens with zero attached hydrogens (tertiary/aromatic N) is 1. The first-order valence-corrected chi connectivity index (χ1v) is 10.1. The van der Waals surface area contributed by atoms with E-state index < -0.39 is 11.5 Å². The monoisotopic (exact) mass is 389 g/mol. The van der Waals surface area contributed by atoms with E-state index in [-0.39, 0.29) is 23.0 Å². The maximum atomic E-state index is 13.4. The van der Waals surface area contributed by atoms with Crippen molar-refractivity contribution in [2.45, 2.75) is 78.0 Å². The first-order chi connectivity index (χ1) is 12.9. The Balaban J connectivity index is 2.57. The smallest absolute Gasteiger partial charge is 0.316 e. The van der Waals surface area contributed by atoms with Gasteiger partial charge < -0.3 is 9.47 Å². The van der Waals surface area contributed by atoms with Gasteiger partial charge in [-0.3, -0.25) is 14.5 Å². The normalized spacial score (nSPS) is 21.5. The SMILES string of the molecule is CCOC(=O)C1(C(Cc2ccccc2)OC(C)=O)CC(C)(C)N(C)C(C)(C)C1. The molecule has 0 radical (unpaired) electrons. The van der Waals surface area contributed by atoms with Crippen LogP contribution in [0, 0.1) is 5.41 Å². The molecule has 1 aliphatic rings. The van der Waals surface area contributed by atoms with Gasteiger partial charge in [-0.2, -0.15) is 0 Å². The second-order valence-electron chi connectivity index (χ2n) is 9.20. The third-order valence-corrected chi connectivity index (χ3v) is 6.18. The molecule has 28 heavy (non-hydrogen) atoms. The topological polar surface area (TPSA) is 55.8 Å². The summed E-state index contributed by atoms with van der Waals surface area (Å²) in [7, 11) is 2.09. The summed E-state index contributed by atoms with van der Waals surface area (Å²) in [6.45, 7) is 12.1. The number of esters is 2. The van der Waals surface area contributed by atoms with Crippen LogP contribution in [-0.4, -0.2) is 47.7 Å². The van der Waals surface area contributed by atoms with E-state index in [2.05, 4.69) is 39.6 Å². The highest BCUT2D eigenvalue weighted by molar-refractivity contribution is 5.79. The molecule has 2 rings (SSSR count). The van der Waals surface area contributed by atoms with Crippen molar-refractivity contribution >= 4 is 11.9 Å². The minimum Gasteiger partial charge on any atom is -0.465 e. The Kier molecular flexibility index (Phi) is 6.59. The number of likely N-dealkylation sites (tertiary alicyclic amines) is 1. The number of benzene rings is 1. The molecule has 5 nitrogen and oxygen atoms in total. The highest BCUT2D eigenvalue weighted by Crippen LogP contribution is 2.51. The van der Waals surface area contributed by atoms with E-state index in [4.69, 9.17) is 9.47 Å². The number of ether oxygens (including phenoxy) is 2. The molecule has 0 amide bonds. The highest BCUT2D eigenvalue weighted by atomic mass is 16.6. The second kappa shape index (κ2) is 8.24. The molecule has 1 fully saturated rings. The lowest BCUT2D eigenvalue weighted by atomic mass is 9.61. The molecule has 1 unspecified atom stereocenters. The molecule has 5 heteroatoms. The van der Waals surface area contributed by atoms with Crippen molar-refractivity contribution in [1.29, 1.82) is 0 Å². The molecule has 1 aromatic rings. The molecular weight excluding hydrogens is 354 g/mol. The van der Waals surface area contributed by atoms with E-state index in [0.717, 1.165) is 5.56 Å². The van der Waals surface area contributed by atoms with Gasteiger partial charge in [-0.05, 0) is 60.1 Å². The lowest BCUT2D eigenvalue weighted by Crippen LogP contribution is -2.66. The molecule has 156 valence electrons. The predicted octanol–water partition coefficient (Wildman–Crippen LogP) is 3.99. The summed E-state index contributed by atoms with van der Waals surface area (Å²) in [5.74, 6) is -0.648. The highest BCUT2D eigenvalue weighted by Gasteiger charge is 2.59. The van der Waals surface area contributed by atoms with E-state index in [9.17, 15) is 9.59 Å². The average molecular weight is 390 g/mol. The zero-order valence-electron chi connectivity index (χ0n) is 18.4. The molecule has 0 N–H and O–H groups in total. The van der Waals surface area contributed by atoms with Gasteiger partial charge in [0.05, 0.1) is 6.61 Å². The molecule has 0 bridgehead atoms. The molecular formula is C23H35NO4. The molecule has 0 spiro atoms. The molecule has 0 aliphatic carbocycles. The third kappa shape index (κ3) is 4.57. The molecule has 1 saturated heterocycles. The summed E-state index contributed by atoms with van der Waals surface area (Å²) >= 11 is 0. The van der Waals surface area contributed by atoms with Gasteiger partial charge in [0.1, 0.15) is 11.5 Å². The fourth-order valence-corrected chi connectivity index (χ4v) is 4.82. The quantitative estimate of drug-likeness (QED) is 0.689. The first-order valence-electron chi connectivity index (χ1n) is 10.1. The van der Waals surface area contributed by atoms with E-state index in [1.54, 1.807) is 0 Å². The number of rotatable bonds is 6. The summed E-state index contributed by atoms with van der Waals surface area (Å²) in [6.07, 6.45) is 1.01. The fraction of sp³-hybridized carbons (Fsp3) is 0.652. The van der Waals surface area contributed by atoms with Gasteiger partial charge in [0.15, 0.2) is 0 Å². The molecule has 1 atom stereocenters. The molecule has 0 aromatic heterocycles. The van der Waals surface area contributed by atoms with Crippen LogP contribution in [0.4, 0.5) is 0 Å². The Hall–Kier alpha value is -1.88. The lowest BCUT2D eigenvalue weighted by molar-refractivity contribution is -0.191. The Bertz CT molecular complexity index is 678. The Labute approximate surface area is 169 Å². The number of carbonyl (C=O) groups is 2. The third-order valence-electron chi connectivity index (χ3n) is 6.18. The summed E-state index contributed by atoms with van der Waals surface area (Å²) in [4.78, 5) is 27.7. The van der Waals surface area contributed by atoms with Crippen LogP contribution in [-0.2, 0) is 25.5 Å².